The van der Waals surface area contributed by atoms with E-state index in [0.29, 0.717) is 12.3 Å². The van der Waals surface area contributed by atoms with E-state index in [4.69, 9.17) is 0 Å². The third kappa shape index (κ3) is 10.2. The van der Waals surface area contributed by atoms with Crippen LogP contribution in [0.4, 0.5) is 0 Å². The number of benzene rings is 1. The zero-order valence-corrected chi connectivity index (χ0v) is 20.0. The van der Waals surface area contributed by atoms with Crippen LogP contribution < -0.4 is 0 Å². The largest absolute Gasteiger partial charge is 0.345 e. The van der Waals surface area contributed by atoms with Crippen molar-refractivity contribution in [3.05, 3.63) is 59.9 Å². The monoisotopic (exact) mass is 424 g/mol. The van der Waals surface area contributed by atoms with Crippen LogP contribution in [0.2, 0.25) is 0 Å². The molecule has 0 saturated carbocycles. The minimum absolute atomic E-state index is 0.323. The fourth-order valence-electron chi connectivity index (χ4n) is 4.11. The number of hydrogen-bond acceptors (Lipinski definition) is 1. The normalized spacial score (nSPS) is 11.0. The molecular formula is C28H44N2O. The summed E-state index contributed by atoms with van der Waals surface area (Å²) in [5, 5.41) is 0. The molecule has 2 rings (SSSR count). The van der Waals surface area contributed by atoms with Crippen molar-refractivity contribution in [2.45, 2.75) is 104 Å². The first kappa shape index (κ1) is 25.2. The van der Waals surface area contributed by atoms with Crippen molar-refractivity contribution in [1.29, 1.82) is 0 Å². The zero-order valence-electron chi connectivity index (χ0n) is 20.0. The standard InChI is InChI=1S/C28H44N2O/c1-3-5-7-8-9-10-11-12-16-21-28(31)30(22-6-4-2)25-27-20-17-23-29(27)24-26-18-14-13-15-19-26/h13-15,17-20,23H,3-12,16,21-22,24-25H2,1-2H3. The molecule has 0 spiro atoms. The number of nitrogens with zero attached hydrogens (tertiary/aromatic N) is 2. The van der Waals surface area contributed by atoms with E-state index in [1.165, 1.54) is 62.6 Å². The second-order valence-corrected chi connectivity index (χ2v) is 8.86. The van der Waals surface area contributed by atoms with Gasteiger partial charge in [0.15, 0.2) is 0 Å². The van der Waals surface area contributed by atoms with Crippen LogP contribution in [0, 0.1) is 0 Å². The molecule has 0 aliphatic carbocycles. The zero-order chi connectivity index (χ0) is 22.2. The predicted molar refractivity (Wildman–Crippen MR) is 132 cm³/mol. The van der Waals surface area contributed by atoms with E-state index >= 15 is 0 Å². The number of unbranched alkanes of at least 4 members (excludes halogenated alkanes) is 9. The van der Waals surface area contributed by atoms with Gasteiger partial charge in [0, 0.05) is 31.4 Å². The molecule has 0 aliphatic rings. The Morgan fingerprint density at radius 2 is 1.42 bits per heavy atom. The summed E-state index contributed by atoms with van der Waals surface area (Å²) in [6.07, 6.45) is 16.6. The van der Waals surface area contributed by atoms with Gasteiger partial charge in [0.05, 0.1) is 6.54 Å². The Labute approximate surface area is 190 Å². The third-order valence-electron chi connectivity index (χ3n) is 6.10. The maximum Gasteiger partial charge on any atom is 0.222 e. The fraction of sp³-hybridized carbons (Fsp3) is 0.607. The van der Waals surface area contributed by atoms with E-state index in [1.54, 1.807) is 0 Å². The Bertz CT molecular complexity index is 707. The Kier molecular flexibility index (Phi) is 12.8. The molecule has 1 aromatic carbocycles. The average Bonchev–Trinajstić information content (AvgIpc) is 3.22. The quantitative estimate of drug-likeness (QED) is 0.240. The highest BCUT2D eigenvalue weighted by Gasteiger charge is 2.15. The summed E-state index contributed by atoms with van der Waals surface area (Å²) in [6.45, 7) is 6.90. The van der Waals surface area contributed by atoms with Crippen molar-refractivity contribution in [1.82, 2.24) is 9.47 Å². The van der Waals surface area contributed by atoms with Gasteiger partial charge in [0.2, 0.25) is 5.91 Å². The number of amides is 1. The predicted octanol–water partition coefficient (Wildman–Crippen LogP) is 7.59. The first-order valence-electron chi connectivity index (χ1n) is 12.7. The summed E-state index contributed by atoms with van der Waals surface area (Å²) in [4.78, 5) is 15.1. The molecule has 3 nitrogen and oxygen atoms in total. The van der Waals surface area contributed by atoms with Gasteiger partial charge < -0.3 is 9.47 Å². The minimum Gasteiger partial charge on any atom is -0.345 e. The summed E-state index contributed by atoms with van der Waals surface area (Å²) < 4.78 is 2.28. The highest BCUT2D eigenvalue weighted by molar-refractivity contribution is 5.76. The lowest BCUT2D eigenvalue weighted by atomic mass is 10.1. The van der Waals surface area contributed by atoms with Gasteiger partial charge >= 0.3 is 0 Å². The molecule has 1 aromatic heterocycles. The SMILES string of the molecule is CCCCCCCCCCCC(=O)N(CCCC)Cc1cccn1Cc1ccccc1. The van der Waals surface area contributed by atoms with E-state index in [1.807, 2.05) is 0 Å². The summed E-state index contributed by atoms with van der Waals surface area (Å²) in [7, 11) is 0. The molecule has 0 bridgehead atoms. The van der Waals surface area contributed by atoms with Gasteiger partial charge in [-0.25, -0.2) is 0 Å². The number of carbonyl (C=O) groups excluding carboxylic acids is 1. The summed E-state index contributed by atoms with van der Waals surface area (Å²) in [6, 6.07) is 14.8. The Morgan fingerprint density at radius 3 is 2.10 bits per heavy atom. The van der Waals surface area contributed by atoms with Gasteiger partial charge in [0.25, 0.3) is 0 Å². The minimum atomic E-state index is 0.323. The maximum absolute atomic E-state index is 13.0. The summed E-state index contributed by atoms with van der Waals surface area (Å²) >= 11 is 0. The van der Waals surface area contributed by atoms with Gasteiger partial charge in [-0.15, -0.1) is 0 Å². The van der Waals surface area contributed by atoms with Gasteiger partial charge in [-0.1, -0.05) is 102 Å². The first-order chi connectivity index (χ1) is 15.2. The summed E-state index contributed by atoms with van der Waals surface area (Å²) in [5.74, 6) is 0.323. The Hall–Kier alpha value is -2.03. The van der Waals surface area contributed by atoms with Crippen molar-refractivity contribution in [2.24, 2.45) is 0 Å². The van der Waals surface area contributed by atoms with Crippen molar-refractivity contribution < 1.29 is 4.79 Å². The van der Waals surface area contributed by atoms with Crippen LogP contribution in [-0.4, -0.2) is 21.9 Å². The molecule has 0 atom stereocenters. The smallest absolute Gasteiger partial charge is 0.222 e. The molecule has 31 heavy (non-hydrogen) atoms. The molecule has 0 saturated heterocycles. The molecule has 0 radical (unpaired) electrons. The molecule has 172 valence electrons. The van der Waals surface area contributed by atoms with E-state index in [-0.39, 0.29) is 0 Å². The van der Waals surface area contributed by atoms with Crippen LogP contribution in [0.1, 0.15) is 102 Å². The lowest BCUT2D eigenvalue weighted by Crippen LogP contribution is -2.32. The van der Waals surface area contributed by atoms with E-state index in [9.17, 15) is 4.79 Å². The lowest BCUT2D eigenvalue weighted by Gasteiger charge is -2.24. The average molecular weight is 425 g/mol. The van der Waals surface area contributed by atoms with E-state index in [2.05, 4.69) is 72.0 Å². The molecule has 2 aromatic rings. The highest BCUT2D eigenvalue weighted by Crippen LogP contribution is 2.15. The number of hydrogen-bond donors (Lipinski definition) is 0. The molecule has 1 amide bonds. The molecular weight excluding hydrogens is 380 g/mol. The van der Waals surface area contributed by atoms with Crippen LogP contribution in [0.5, 0.6) is 0 Å². The topological polar surface area (TPSA) is 25.2 Å². The second-order valence-electron chi connectivity index (χ2n) is 8.86. The van der Waals surface area contributed by atoms with Gasteiger partial charge in [-0.2, -0.15) is 0 Å². The molecule has 0 aliphatic heterocycles. The molecule has 3 heteroatoms. The van der Waals surface area contributed by atoms with E-state index < -0.39 is 0 Å². The first-order valence-corrected chi connectivity index (χ1v) is 12.7. The van der Waals surface area contributed by atoms with Crippen molar-refractivity contribution in [3.8, 4) is 0 Å². The van der Waals surface area contributed by atoms with Crippen molar-refractivity contribution in [3.63, 3.8) is 0 Å². The number of aromatic nitrogens is 1. The molecule has 0 N–H and O–H groups in total. The maximum atomic E-state index is 13.0. The Morgan fingerprint density at radius 1 is 0.774 bits per heavy atom. The lowest BCUT2D eigenvalue weighted by molar-refractivity contribution is -0.132. The highest BCUT2D eigenvalue weighted by atomic mass is 16.2. The van der Waals surface area contributed by atoms with Crippen molar-refractivity contribution >= 4 is 5.91 Å². The number of rotatable bonds is 17. The van der Waals surface area contributed by atoms with Crippen molar-refractivity contribution in [2.75, 3.05) is 6.54 Å². The van der Waals surface area contributed by atoms with Gasteiger partial charge in [-0.3, -0.25) is 4.79 Å². The van der Waals surface area contributed by atoms with Crippen LogP contribution >= 0.6 is 0 Å². The van der Waals surface area contributed by atoms with Crippen LogP contribution in [0.3, 0.4) is 0 Å². The summed E-state index contributed by atoms with van der Waals surface area (Å²) in [5.41, 5.74) is 2.52. The Balaban J connectivity index is 1.78. The van der Waals surface area contributed by atoms with Crippen LogP contribution in [0.25, 0.3) is 0 Å². The van der Waals surface area contributed by atoms with Gasteiger partial charge in [-0.05, 0) is 30.5 Å². The third-order valence-corrected chi connectivity index (χ3v) is 6.10. The van der Waals surface area contributed by atoms with Crippen LogP contribution in [0.15, 0.2) is 48.7 Å². The fourth-order valence-corrected chi connectivity index (χ4v) is 4.11. The second kappa shape index (κ2) is 15.7. The molecule has 0 fully saturated rings. The molecule has 0 unspecified atom stereocenters. The van der Waals surface area contributed by atoms with E-state index in [0.717, 1.165) is 38.9 Å². The van der Waals surface area contributed by atoms with Gasteiger partial charge in [0.1, 0.15) is 0 Å². The molecule has 1 heterocycles. The number of carbonyl (C=O) groups is 1. The van der Waals surface area contributed by atoms with Crippen LogP contribution in [-0.2, 0) is 17.9 Å².